The number of nitrogens with one attached hydrogen (secondary N) is 1. The van der Waals surface area contributed by atoms with Gasteiger partial charge in [0.1, 0.15) is 5.75 Å². The van der Waals surface area contributed by atoms with Gasteiger partial charge in [0, 0.05) is 13.1 Å². The standard InChI is InChI=1S/C16H20NO2S/c1-19-16-4-2-3-14(9-16)10-17-11-15(18)6-5-13-7-8-20-12-13/h2-4,6-9,12,15,17-18H,5,10-11H2,1H3/t15-/m1/s1. The Morgan fingerprint density at radius 1 is 1.35 bits per heavy atom. The number of rotatable bonds is 8. The number of methoxy groups -OCH3 is 1. The number of hydrogen-bond donors (Lipinski definition) is 2. The van der Waals surface area contributed by atoms with Gasteiger partial charge in [-0.1, -0.05) is 12.1 Å². The maximum atomic E-state index is 9.89. The van der Waals surface area contributed by atoms with Crippen LogP contribution in [0.2, 0.25) is 0 Å². The van der Waals surface area contributed by atoms with Crippen molar-refractivity contribution in [3.8, 4) is 5.75 Å². The third-order valence-electron chi connectivity index (χ3n) is 3.02. The van der Waals surface area contributed by atoms with Gasteiger partial charge in [-0.3, -0.25) is 0 Å². The van der Waals surface area contributed by atoms with Crippen molar-refractivity contribution < 1.29 is 9.84 Å². The number of aliphatic hydroxyl groups excluding tert-OH is 1. The van der Waals surface area contributed by atoms with Crippen molar-refractivity contribution >= 4 is 11.3 Å². The highest BCUT2D eigenvalue weighted by molar-refractivity contribution is 7.07. The third kappa shape index (κ3) is 4.96. The number of hydrogen-bond acceptors (Lipinski definition) is 4. The van der Waals surface area contributed by atoms with Crippen LogP contribution in [0.5, 0.6) is 5.75 Å². The molecular weight excluding hydrogens is 270 g/mol. The average molecular weight is 290 g/mol. The lowest BCUT2D eigenvalue weighted by molar-refractivity contribution is 0.200. The van der Waals surface area contributed by atoms with Crippen LogP contribution in [0.3, 0.4) is 0 Å². The summed E-state index contributed by atoms with van der Waals surface area (Å²) < 4.78 is 5.18. The van der Waals surface area contributed by atoms with Gasteiger partial charge in [-0.05, 0) is 52.9 Å². The Morgan fingerprint density at radius 3 is 3.00 bits per heavy atom. The average Bonchev–Trinajstić information content (AvgIpc) is 2.99. The molecule has 107 valence electrons. The molecule has 0 unspecified atom stereocenters. The zero-order valence-electron chi connectivity index (χ0n) is 11.6. The molecule has 1 heterocycles. The molecule has 4 heteroatoms. The van der Waals surface area contributed by atoms with Crippen molar-refractivity contribution in [1.29, 1.82) is 0 Å². The Kier molecular flexibility index (Phi) is 6.05. The number of ether oxygens (including phenoxy) is 1. The van der Waals surface area contributed by atoms with E-state index in [0.29, 0.717) is 6.54 Å². The molecule has 0 aliphatic rings. The Balaban J connectivity index is 1.66. The highest BCUT2D eigenvalue weighted by atomic mass is 32.1. The van der Waals surface area contributed by atoms with Crippen LogP contribution >= 0.6 is 11.3 Å². The van der Waals surface area contributed by atoms with Crippen LogP contribution in [0, 0.1) is 6.42 Å². The second-order valence-electron chi connectivity index (χ2n) is 4.62. The lowest BCUT2D eigenvalue weighted by Gasteiger charge is -2.11. The fourth-order valence-electron chi connectivity index (χ4n) is 1.91. The fourth-order valence-corrected chi connectivity index (χ4v) is 2.59. The summed E-state index contributed by atoms with van der Waals surface area (Å²) in [6.07, 6.45) is 2.31. The molecule has 2 N–H and O–H groups in total. The van der Waals surface area contributed by atoms with Crippen LogP contribution < -0.4 is 10.1 Å². The molecule has 0 amide bonds. The number of thiophene rings is 1. The molecule has 2 aromatic rings. The van der Waals surface area contributed by atoms with E-state index in [0.717, 1.165) is 24.3 Å². The molecule has 0 spiro atoms. The molecule has 0 saturated carbocycles. The maximum Gasteiger partial charge on any atom is 0.119 e. The summed E-state index contributed by atoms with van der Waals surface area (Å²) >= 11 is 1.68. The van der Waals surface area contributed by atoms with Gasteiger partial charge in [0.2, 0.25) is 0 Å². The van der Waals surface area contributed by atoms with Crippen molar-refractivity contribution in [3.63, 3.8) is 0 Å². The topological polar surface area (TPSA) is 41.5 Å². The van der Waals surface area contributed by atoms with Crippen LogP contribution in [0.25, 0.3) is 0 Å². The smallest absolute Gasteiger partial charge is 0.119 e. The maximum absolute atomic E-state index is 9.89. The molecule has 20 heavy (non-hydrogen) atoms. The molecule has 1 radical (unpaired) electrons. The SMILES string of the molecule is COc1cccc(CNC[C@H](O)[CH]Cc2ccsc2)c1. The Labute approximate surface area is 124 Å². The third-order valence-corrected chi connectivity index (χ3v) is 3.75. The number of aliphatic hydroxyl groups is 1. The van der Waals surface area contributed by atoms with E-state index in [1.54, 1.807) is 18.4 Å². The van der Waals surface area contributed by atoms with Crippen molar-refractivity contribution in [2.45, 2.75) is 19.1 Å². The monoisotopic (exact) mass is 290 g/mol. The van der Waals surface area contributed by atoms with Gasteiger partial charge in [0.05, 0.1) is 13.2 Å². The van der Waals surface area contributed by atoms with Crippen LogP contribution in [-0.4, -0.2) is 24.9 Å². The second-order valence-corrected chi connectivity index (χ2v) is 5.40. The van der Waals surface area contributed by atoms with Gasteiger partial charge in [-0.25, -0.2) is 0 Å². The van der Waals surface area contributed by atoms with Gasteiger partial charge in [0.15, 0.2) is 0 Å². The summed E-state index contributed by atoms with van der Waals surface area (Å²) in [5.74, 6) is 0.855. The zero-order chi connectivity index (χ0) is 14.2. The summed E-state index contributed by atoms with van der Waals surface area (Å²) in [7, 11) is 1.66. The van der Waals surface area contributed by atoms with Crippen LogP contribution in [0.15, 0.2) is 41.1 Å². The normalized spacial score (nSPS) is 12.3. The molecule has 0 fully saturated rings. The number of benzene rings is 1. The molecule has 1 aromatic heterocycles. The first-order chi connectivity index (χ1) is 9.78. The lowest BCUT2D eigenvalue weighted by Crippen LogP contribution is -2.27. The Morgan fingerprint density at radius 2 is 2.25 bits per heavy atom. The molecule has 0 bridgehead atoms. The van der Waals surface area contributed by atoms with E-state index in [2.05, 4.69) is 22.1 Å². The van der Waals surface area contributed by atoms with Crippen molar-refractivity contribution in [3.05, 3.63) is 58.6 Å². The van der Waals surface area contributed by atoms with Crippen LogP contribution in [0.1, 0.15) is 11.1 Å². The largest absolute Gasteiger partial charge is 0.497 e. The second kappa shape index (κ2) is 8.04. The van der Waals surface area contributed by atoms with E-state index in [1.165, 1.54) is 5.56 Å². The van der Waals surface area contributed by atoms with E-state index >= 15 is 0 Å². The minimum Gasteiger partial charge on any atom is -0.497 e. The fraction of sp³-hybridized carbons (Fsp3) is 0.312. The minimum absolute atomic E-state index is 0.430. The summed E-state index contributed by atoms with van der Waals surface area (Å²) in [5.41, 5.74) is 2.40. The van der Waals surface area contributed by atoms with Crippen molar-refractivity contribution in [2.24, 2.45) is 0 Å². The van der Waals surface area contributed by atoms with E-state index in [9.17, 15) is 5.11 Å². The quantitative estimate of drug-likeness (QED) is 0.785. The highest BCUT2D eigenvalue weighted by Crippen LogP contribution is 2.12. The van der Waals surface area contributed by atoms with Gasteiger partial charge in [-0.2, -0.15) is 11.3 Å². The van der Waals surface area contributed by atoms with E-state index in [1.807, 2.05) is 30.7 Å². The summed E-state index contributed by atoms with van der Waals surface area (Å²) in [5, 5.41) is 17.3. The first-order valence-corrected chi connectivity index (χ1v) is 7.58. The van der Waals surface area contributed by atoms with Gasteiger partial charge >= 0.3 is 0 Å². The zero-order valence-corrected chi connectivity index (χ0v) is 12.4. The molecule has 1 atom stereocenters. The van der Waals surface area contributed by atoms with E-state index in [-0.39, 0.29) is 0 Å². The summed E-state index contributed by atoms with van der Waals surface area (Å²) in [6, 6.07) is 10.0. The molecule has 0 saturated heterocycles. The van der Waals surface area contributed by atoms with Crippen LogP contribution in [-0.2, 0) is 13.0 Å². The predicted octanol–water partition coefficient (Wildman–Crippen LogP) is 2.65. The molecule has 0 aliphatic carbocycles. The molecular formula is C16H20NO2S. The van der Waals surface area contributed by atoms with Crippen LogP contribution in [0.4, 0.5) is 0 Å². The molecule has 0 aliphatic heterocycles. The first-order valence-electron chi connectivity index (χ1n) is 6.64. The Bertz CT molecular complexity index is 499. The lowest BCUT2D eigenvalue weighted by atomic mass is 10.1. The summed E-state index contributed by atoms with van der Waals surface area (Å²) in [6.45, 7) is 1.28. The van der Waals surface area contributed by atoms with Gasteiger partial charge in [-0.15, -0.1) is 0 Å². The van der Waals surface area contributed by atoms with Gasteiger partial charge < -0.3 is 15.2 Å². The van der Waals surface area contributed by atoms with E-state index < -0.39 is 6.10 Å². The van der Waals surface area contributed by atoms with Crippen molar-refractivity contribution in [1.82, 2.24) is 5.32 Å². The van der Waals surface area contributed by atoms with E-state index in [4.69, 9.17) is 4.74 Å². The highest BCUT2D eigenvalue weighted by Gasteiger charge is 2.05. The Hall–Kier alpha value is -1.36. The predicted molar refractivity (Wildman–Crippen MR) is 83.0 cm³/mol. The minimum atomic E-state index is -0.430. The first kappa shape index (κ1) is 15.0. The summed E-state index contributed by atoms with van der Waals surface area (Å²) in [4.78, 5) is 0. The molecule has 1 aromatic carbocycles. The van der Waals surface area contributed by atoms with Gasteiger partial charge in [0.25, 0.3) is 0 Å². The molecule has 3 nitrogen and oxygen atoms in total. The molecule has 2 rings (SSSR count). The van der Waals surface area contributed by atoms with Crippen molar-refractivity contribution in [2.75, 3.05) is 13.7 Å².